The van der Waals surface area contributed by atoms with Crippen LogP contribution in [0.5, 0.6) is 0 Å². The minimum atomic E-state index is -3.57. The molecule has 1 fully saturated rings. The molecular formula is C30H29Cl2F2N3O3S. The predicted molar refractivity (Wildman–Crippen MR) is 156 cm³/mol. The van der Waals surface area contributed by atoms with Crippen LogP contribution < -0.4 is 10.6 Å². The molecule has 1 amide bonds. The lowest BCUT2D eigenvalue weighted by atomic mass is 9.62. The first kappa shape index (κ1) is 30.9. The summed E-state index contributed by atoms with van der Waals surface area (Å²) < 4.78 is 55.6. The SMILES string of the molecule is CC(C)(C)C[C@@H]1N[C@@H](C(=O)Nc2cccc(S(C)(=O)=O)c2)[C@H](c2cccc(Cl)c2F)[C@@]1(C#N)c1ccc(Cl)cc1F. The van der Waals surface area contributed by atoms with Crippen LogP contribution in [0, 0.1) is 28.4 Å². The molecule has 3 aromatic rings. The first-order valence-corrected chi connectivity index (χ1v) is 15.4. The Morgan fingerprint density at radius 1 is 1.10 bits per heavy atom. The van der Waals surface area contributed by atoms with Gasteiger partial charge in [-0.3, -0.25) is 4.79 Å². The number of anilines is 1. The van der Waals surface area contributed by atoms with E-state index in [0.29, 0.717) is 6.42 Å². The quantitative estimate of drug-likeness (QED) is 0.322. The van der Waals surface area contributed by atoms with Crippen LogP contribution in [0.2, 0.25) is 10.0 Å². The molecule has 0 aromatic heterocycles. The highest BCUT2D eigenvalue weighted by molar-refractivity contribution is 7.90. The smallest absolute Gasteiger partial charge is 0.242 e. The summed E-state index contributed by atoms with van der Waals surface area (Å²) in [7, 11) is -3.57. The highest BCUT2D eigenvalue weighted by Crippen LogP contribution is 2.52. The third-order valence-electron chi connectivity index (χ3n) is 7.26. The van der Waals surface area contributed by atoms with E-state index in [-0.39, 0.29) is 31.8 Å². The fourth-order valence-corrected chi connectivity index (χ4v) is 6.59. The van der Waals surface area contributed by atoms with Crippen LogP contribution in [0.15, 0.2) is 65.6 Å². The van der Waals surface area contributed by atoms with Gasteiger partial charge in [-0.05, 0) is 53.8 Å². The molecule has 0 unspecified atom stereocenters. The van der Waals surface area contributed by atoms with E-state index in [1.54, 1.807) is 0 Å². The molecule has 2 N–H and O–H groups in total. The summed E-state index contributed by atoms with van der Waals surface area (Å²) in [6, 6.07) is 14.1. The summed E-state index contributed by atoms with van der Waals surface area (Å²) in [6.45, 7) is 5.82. The molecule has 6 nitrogen and oxygen atoms in total. The van der Waals surface area contributed by atoms with E-state index < -0.39 is 56.2 Å². The molecule has 0 aliphatic carbocycles. The van der Waals surface area contributed by atoms with Gasteiger partial charge >= 0.3 is 0 Å². The van der Waals surface area contributed by atoms with Gasteiger partial charge in [-0.25, -0.2) is 17.2 Å². The van der Waals surface area contributed by atoms with Gasteiger partial charge in [-0.1, -0.05) is 68.2 Å². The number of benzene rings is 3. The molecule has 1 aliphatic heterocycles. The third-order valence-corrected chi connectivity index (χ3v) is 8.90. The molecule has 0 radical (unpaired) electrons. The average Bonchev–Trinajstić information content (AvgIpc) is 3.18. The number of amides is 1. The van der Waals surface area contributed by atoms with Crippen LogP contribution in [-0.4, -0.2) is 32.7 Å². The Bertz CT molecular complexity index is 1650. The Balaban J connectivity index is 1.95. The van der Waals surface area contributed by atoms with Gasteiger partial charge in [0.2, 0.25) is 5.91 Å². The Kier molecular flexibility index (Phi) is 8.55. The van der Waals surface area contributed by atoms with Crippen molar-refractivity contribution in [1.82, 2.24) is 5.32 Å². The van der Waals surface area contributed by atoms with Crippen molar-refractivity contribution in [3.8, 4) is 6.07 Å². The second kappa shape index (κ2) is 11.3. The zero-order valence-corrected chi connectivity index (χ0v) is 25.1. The summed E-state index contributed by atoms with van der Waals surface area (Å²) in [5, 5.41) is 16.7. The molecule has 4 rings (SSSR count). The number of nitriles is 1. The van der Waals surface area contributed by atoms with Gasteiger partial charge in [0.25, 0.3) is 0 Å². The lowest BCUT2D eigenvalue weighted by Gasteiger charge is -2.37. The molecule has 1 aliphatic rings. The van der Waals surface area contributed by atoms with E-state index in [4.69, 9.17) is 23.2 Å². The van der Waals surface area contributed by atoms with Crippen LogP contribution in [0.1, 0.15) is 44.2 Å². The monoisotopic (exact) mass is 619 g/mol. The van der Waals surface area contributed by atoms with Gasteiger partial charge in [0, 0.05) is 34.5 Å². The van der Waals surface area contributed by atoms with Crippen LogP contribution in [0.4, 0.5) is 14.5 Å². The second-order valence-electron chi connectivity index (χ2n) is 11.5. The van der Waals surface area contributed by atoms with Crippen molar-refractivity contribution in [2.45, 2.75) is 55.5 Å². The normalized spacial score (nSPS) is 22.8. The first-order chi connectivity index (χ1) is 19.1. The molecular weight excluding hydrogens is 591 g/mol. The minimum absolute atomic E-state index is 0.00710. The van der Waals surface area contributed by atoms with Crippen molar-refractivity contribution in [1.29, 1.82) is 5.26 Å². The first-order valence-electron chi connectivity index (χ1n) is 12.8. The number of carbonyl (C=O) groups is 1. The average molecular weight is 621 g/mol. The fraction of sp³-hybridized carbons (Fsp3) is 0.333. The van der Waals surface area contributed by atoms with Gasteiger partial charge in [-0.15, -0.1) is 0 Å². The molecule has 1 saturated heterocycles. The van der Waals surface area contributed by atoms with Gasteiger partial charge in [0.15, 0.2) is 9.84 Å². The third kappa shape index (κ3) is 6.12. The van der Waals surface area contributed by atoms with E-state index in [1.807, 2.05) is 20.8 Å². The molecule has 41 heavy (non-hydrogen) atoms. The number of carbonyl (C=O) groups excluding carboxylic acids is 1. The van der Waals surface area contributed by atoms with E-state index in [0.717, 1.165) is 12.3 Å². The van der Waals surface area contributed by atoms with E-state index in [1.165, 1.54) is 54.6 Å². The van der Waals surface area contributed by atoms with Crippen molar-refractivity contribution < 1.29 is 22.0 Å². The molecule has 4 atom stereocenters. The van der Waals surface area contributed by atoms with Crippen molar-refractivity contribution in [2.24, 2.45) is 5.41 Å². The zero-order valence-electron chi connectivity index (χ0n) is 22.8. The summed E-state index contributed by atoms with van der Waals surface area (Å²) in [4.78, 5) is 13.9. The second-order valence-corrected chi connectivity index (χ2v) is 14.3. The molecule has 0 spiro atoms. The standard InChI is InChI=1S/C30H29Cl2F2N3O3S/c1-29(2,3)15-24-30(16-35,21-12-11-17(31)13-23(21)33)25(20-9-6-10-22(32)26(20)34)27(37-24)28(38)36-18-7-5-8-19(14-18)41(4,39)40/h5-14,24-25,27,37H,15H2,1-4H3,(H,36,38)/t24-,25-,27+,30-/m0/s1. The van der Waals surface area contributed by atoms with Crippen LogP contribution >= 0.6 is 23.2 Å². The van der Waals surface area contributed by atoms with Crippen molar-refractivity contribution in [3.63, 3.8) is 0 Å². The van der Waals surface area contributed by atoms with E-state index >= 15 is 8.78 Å². The summed E-state index contributed by atoms with van der Waals surface area (Å²) in [5.74, 6) is -3.50. The minimum Gasteiger partial charge on any atom is -0.325 e. The Labute approximate surface area is 248 Å². The van der Waals surface area contributed by atoms with Gasteiger partial charge in [0.05, 0.1) is 22.0 Å². The van der Waals surface area contributed by atoms with E-state index in [9.17, 15) is 18.5 Å². The van der Waals surface area contributed by atoms with E-state index in [2.05, 4.69) is 16.7 Å². The fourth-order valence-electron chi connectivity index (χ4n) is 5.58. The Morgan fingerprint density at radius 2 is 1.78 bits per heavy atom. The van der Waals surface area contributed by atoms with Crippen molar-refractivity contribution in [3.05, 3.63) is 93.5 Å². The number of nitrogens with zero attached hydrogens (tertiary/aromatic N) is 1. The molecule has 3 aromatic carbocycles. The topological polar surface area (TPSA) is 99.1 Å². The predicted octanol–water partition coefficient (Wildman–Crippen LogP) is 6.64. The van der Waals surface area contributed by atoms with Crippen molar-refractivity contribution in [2.75, 3.05) is 11.6 Å². The maximum atomic E-state index is 15.7. The van der Waals surface area contributed by atoms with Crippen LogP contribution in [-0.2, 0) is 20.0 Å². The summed E-state index contributed by atoms with van der Waals surface area (Å²) >= 11 is 12.2. The van der Waals surface area contributed by atoms with Gasteiger partial charge in [-0.2, -0.15) is 5.26 Å². The summed E-state index contributed by atoms with van der Waals surface area (Å²) in [5.41, 5.74) is -2.06. The molecule has 0 bridgehead atoms. The Morgan fingerprint density at radius 3 is 2.39 bits per heavy atom. The number of hydrogen-bond acceptors (Lipinski definition) is 5. The number of nitrogens with one attached hydrogen (secondary N) is 2. The zero-order chi connectivity index (χ0) is 30.3. The lowest BCUT2D eigenvalue weighted by Crippen LogP contribution is -2.45. The van der Waals surface area contributed by atoms with Gasteiger partial charge < -0.3 is 10.6 Å². The largest absolute Gasteiger partial charge is 0.325 e. The number of hydrogen-bond donors (Lipinski definition) is 2. The van der Waals surface area contributed by atoms with Crippen molar-refractivity contribution >= 4 is 44.6 Å². The highest BCUT2D eigenvalue weighted by atomic mass is 35.5. The number of rotatable bonds is 6. The Hall–Kier alpha value is -3.03. The van der Waals surface area contributed by atoms with Crippen LogP contribution in [0.3, 0.4) is 0 Å². The maximum absolute atomic E-state index is 15.7. The maximum Gasteiger partial charge on any atom is 0.242 e. The van der Waals surface area contributed by atoms with Crippen LogP contribution in [0.25, 0.3) is 0 Å². The lowest BCUT2D eigenvalue weighted by molar-refractivity contribution is -0.118. The number of sulfone groups is 1. The number of halogens is 4. The molecule has 11 heteroatoms. The van der Waals surface area contributed by atoms with Gasteiger partial charge in [0.1, 0.15) is 17.0 Å². The highest BCUT2D eigenvalue weighted by Gasteiger charge is 2.61. The molecule has 0 saturated carbocycles. The molecule has 216 valence electrons. The molecule has 1 heterocycles. The summed E-state index contributed by atoms with van der Waals surface area (Å²) in [6.07, 6.45) is 1.36.